The van der Waals surface area contributed by atoms with Gasteiger partial charge < -0.3 is 8.83 Å². The Morgan fingerprint density at radius 1 is 0.260 bits per heavy atom. The highest BCUT2D eigenvalue weighted by molar-refractivity contribution is 6.28. The highest BCUT2D eigenvalue weighted by Crippen LogP contribution is 2.48. The molecule has 0 N–H and O–H groups in total. The summed E-state index contributed by atoms with van der Waals surface area (Å²) in [5.41, 5.74) is 10.9. The molecule has 0 atom stereocenters. The van der Waals surface area contributed by atoms with Gasteiger partial charge in [-0.15, -0.1) is 0 Å². The first-order chi connectivity index (χ1) is 24.8. The van der Waals surface area contributed by atoms with Gasteiger partial charge in [0.25, 0.3) is 0 Å². The first kappa shape index (κ1) is 27.3. The quantitative estimate of drug-likeness (QED) is 0.180. The smallest absolute Gasteiger partial charge is 0.136 e. The fraction of sp³-hybridized carbons (Fsp3) is 0. The number of benzene rings is 9. The van der Waals surface area contributed by atoms with E-state index in [1.54, 1.807) is 0 Å². The van der Waals surface area contributed by atoms with Crippen molar-refractivity contribution in [3.8, 4) is 33.4 Å². The minimum Gasteiger partial charge on any atom is -0.456 e. The van der Waals surface area contributed by atoms with Crippen molar-refractivity contribution in [2.75, 3.05) is 0 Å². The van der Waals surface area contributed by atoms with Gasteiger partial charge >= 0.3 is 0 Å². The summed E-state index contributed by atoms with van der Waals surface area (Å²) in [5, 5.41) is 11.8. The lowest BCUT2D eigenvalue weighted by atomic mass is 9.83. The van der Waals surface area contributed by atoms with Gasteiger partial charge in [-0.3, -0.25) is 0 Å². The van der Waals surface area contributed by atoms with Crippen LogP contribution in [0.5, 0.6) is 0 Å². The van der Waals surface area contributed by atoms with E-state index in [0.29, 0.717) is 0 Å². The highest BCUT2D eigenvalue weighted by Gasteiger charge is 2.21. The van der Waals surface area contributed by atoms with E-state index in [0.717, 1.165) is 49.4 Å². The molecule has 2 heterocycles. The van der Waals surface area contributed by atoms with E-state index in [-0.39, 0.29) is 0 Å². The lowest BCUT2D eigenvalue weighted by molar-refractivity contribution is 0.663. The second kappa shape index (κ2) is 10.4. The number of hydrogen-bond donors (Lipinski definition) is 0. The molecule has 0 unspecified atom stereocenters. The molecule has 50 heavy (non-hydrogen) atoms. The molecule has 0 saturated carbocycles. The van der Waals surface area contributed by atoms with Crippen LogP contribution in [0.4, 0.5) is 0 Å². The van der Waals surface area contributed by atoms with E-state index in [1.165, 1.54) is 60.1 Å². The molecule has 11 aromatic rings. The molecule has 2 aromatic heterocycles. The van der Waals surface area contributed by atoms with Crippen LogP contribution >= 0.6 is 0 Å². The lowest BCUT2D eigenvalue weighted by Crippen LogP contribution is -1.92. The third-order valence-electron chi connectivity index (χ3n) is 10.5. The Hall–Kier alpha value is -6.64. The molecular weight excluding hydrogens is 609 g/mol. The molecule has 2 heteroatoms. The maximum absolute atomic E-state index is 6.46. The van der Waals surface area contributed by atoms with E-state index in [2.05, 4.69) is 146 Å². The minimum atomic E-state index is 0.868. The monoisotopic (exact) mass is 636 g/mol. The van der Waals surface area contributed by atoms with Crippen molar-refractivity contribution in [3.05, 3.63) is 170 Å². The van der Waals surface area contributed by atoms with Crippen molar-refractivity contribution in [2.45, 2.75) is 0 Å². The van der Waals surface area contributed by atoms with E-state index < -0.39 is 0 Å². The molecule has 0 saturated heterocycles. The first-order valence-corrected chi connectivity index (χ1v) is 17.1. The maximum Gasteiger partial charge on any atom is 0.136 e. The average molecular weight is 637 g/mol. The average Bonchev–Trinajstić information content (AvgIpc) is 3.75. The zero-order valence-electron chi connectivity index (χ0n) is 27.0. The topological polar surface area (TPSA) is 26.3 Å². The molecule has 0 aliphatic heterocycles. The second-order valence-corrected chi connectivity index (χ2v) is 13.1. The van der Waals surface area contributed by atoms with Gasteiger partial charge in [-0.1, -0.05) is 140 Å². The third-order valence-corrected chi connectivity index (χ3v) is 10.5. The molecule has 0 radical (unpaired) electrons. The summed E-state index contributed by atoms with van der Waals surface area (Å²) in [6.45, 7) is 0. The molecule has 232 valence electrons. The third kappa shape index (κ3) is 3.85. The largest absolute Gasteiger partial charge is 0.456 e. The summed E-state index contributed by atoms with van der Waals surface area (Å²) in [4.78, 5) is 0. The van der Waals surface area contributed by atoms with Crippen LogP contribution in [-0.4, -0.2) is 0 Å². The van der Waals surface area contributed by atoms with Gasteiger partial charge in [0, 0.05) is 21.5 Å². The number of furan rings is 2. The van der Waals surface area contributed by atoms with Gasteiger partial charge in [0.15, 0.2) is 0 Å². The summed E-state index contributed by atoms with van der Waals surface area (Å²) in [6, 6.07) is 60.9. The van der Waals surface area contributed by atoms with Crippen LogP contribution in [0.25, 0.3) is 110 Å². The Morgan fingerprint density at radius 3 is 1.38 bits per heavy atom. The van der Waals surface area contributed by atoms with Gasteiger partial charge in [-0.2, -0.15) is 0 Å². The predicted octanol–water partition coefficient (Wildman–Crippen LogP) is 13.9. The predicted molar refractivity (Wildman–Crippen MR) is 210 cm³/mol. The number of para-hydroxylation sites is 1. The normalized spacial score (nSPS) is 12.0. The van der Waals surface area contributed by atoms with Crippen LogP contribution in [-0.2, 0) is 0 Å². The van der Waals surface area contributed by atoms with E-state index >= 15 is 0 Å². The van der Waals surface area contributed by atoms with Gasteiger partial charge in [0.05, 0.1) is 0 Å². The molecule has 0 aliphatic rings. The van der Waals surface area contributed by atoms with Crippen molar-refractivity contribution in [3.63, 3.8) is 0 Å². The molecule has 0 spiro atoms. The van der Waals surface area contributed by atoms with E-state index in [1.807, 2.05) is 24.3 Å². The van der Waals surface area contributed by atoms with Crippen LogP contribution in [0.3, 0.4) is 0 Å². The number of rotatable bonds is 3. The van der Waals surface area contributed by atoms with Gasteiger partial charge in [0.2, 0.25) is 0 Å². The van der Waals surface area contributed by atoms with Crippen molar-refractivity contribution in [1.29, 1.82) is 0 Å². The van der Waals surface area contributed by atoms with Crippen molar-refractivity contribution in [2.24, 2.45) is 0 Å². The lowest BCUT2D eigenvalue weighted by Gasteiger charge is -2.19. The summed E-state index contributed by atoms with van der Waals surface area (Å²) in [6.07, 6.45) is 0. The van der Waals surface area contributed by atoms with Gasteiger partial charge in [0.1, 0.15) is 22.3 Å². The fourth-order valence-electron chi connectivity index (χ4n) is 8.35. The summed E-state index contributed by atoms with van der Waals surface area (Å²) in [5.74, 6) is 0. The Balaban J connectivity index is 1.22. The molecule has 0 aliphatic carbocycles. The Morgan fingerprint density at radius 2 is 0.720 bits per heavy atom. The standard InChI is InChI=1S/C48H28O2/c1-2-12-29(13-3-1)31-23-24-38(33-15-5-4-14-32(31)33)46-36-18-8-6-16-34(36)45(35-17-7-9-19-37(35)46)30-22-25-42-40(28-30)48-44(50-42)27-26-43-47(48)39-20-10-11-21-41(39)49-43/h1-28H. The van der Waals surface area contributed by atoms with Crippen LogP contribution in [0, 0.1) is 0 Å². The second-order valence-electron chi connectivity index (χ2n) is 13.1. The first-order valence-electron chi connectivity index (χ1n) is 17.1. The number of fused-ring (bicyclic) bond motifs is 10. The molecular formula is C48H28O2. The summed E-state index contributed by atoms with van der Waals surface area (Å²) in [7, 11) is 0. The fourth-order valence-corrected chi connectivity index (χ4v) is 8.35. The molecule has 9 aromatic carbocycles. The van der Waals surface area contributed by atoms with Gasteiger partial charge in [-0.05, 0) is 96.0 Å². The Bertz CT molecular complexity index is 3080. The number of hydrogen-bond acceptors (Lipinski definition) is 2. The van der Waals surface area contributed by atoms with Crippen LogP contribution < -0.4 is 0 Å². The molecule has 2 nitrogen and oxygen atoms in total. The SMILES string of the molecule is c1ccc(-c2ccc(-c3c4ccccc4c(-c4ccc5oc6ccc7oc8ccccc8c7c6c5c4)c4ccccc34)c3ccccc23)cc1. The van der Waals surface area contributed by atoms with Crippen molar-refractivity contribution in [1.82, 2.24) is 0 Å². The minimum absolute atomic E-state index is 0.868. The summed E-state index contributed by atoms with van der Waals surface area (Å²) >= 11 is 0. The summed E-state index contributed by atoms with van der Waals surface area (Å²) < 4.78 is 12.7. The highest BCUT2D eigenvalue weighted by atomic mass is 16.3. The van der Waals surface area contributed by atoms with Crippen LogP contribution in [0.15, 0.2) is 179 Å². The Labute approximate surface area is 287 Å². The van der Waals surface area contributed by atoms with Gasteiger partial charge in [-0.25, -0.2) is 0 Å². The molecule has 0 amide bonds. The molecule has 0 fully saturated rings. The molecule has 0 bridgehead atoms. The van der Waals surface area contributed by atoms with Crippen molar-refractivity contribution < 1.29 is 8.83 Å². The van der Waals surface area contributed by atoms with Crippen LogP contribution in [0.2, 0.25) is 0 Å². The van der Waals surface area contributed by atoms with E-state index in [4.69, 9.17) is 8.83 Å². The Kier molecular flexibility index (Phi) is 5.70. The zero-order valence-corrected chi connectivity index (χ0v) is 27.0. The molecule has 11 rings (SSSR count). The maximum atomic E-state index is 6.46. The van der Waals surface area contributed by atoms with Crippen molar-refractivity contribution >= 4 is 76.2 Å². The zero-order chi connectivity index (χ0) is 32.8. The van der Waals surface area contributed by atoms with Crippen LogP contribution in [0.1, 0.15) is 0 Å². The van der Waals surface area contributed by atoms with E-state index in [9.17, 15) is 0 Å².